The number of carbonyl (C=O) groups excluding carboxylic acids is 1. The number of hydrogen-bond donors (Lipinski definition) is 1. The van der Waals surface area contributed by atoms with Crippen LogP contribution < -0.4 is 10.5 Å². The number of carbonyl (C=O) groups is 1. The summed E-state index contributed by atoms with van der Waals surface area (Å²) in [4.78, 5) is 12.5. The summed E-state index contributed by atoms with van der Waals surface area (Å²) in [5.74, 6) is -0.787. The third kappa shape index (κ3) is 4.44. The van der Waals surface area contributed by atoms with E-state index in [9.17, 15) is 14.4 Å². The van der Waals surface area contributed by atoms with E-state index in [2.05, 4.69) is 0 Å². The second-order valence-electron chi connectivity index (χ2n) is 6.60. The third-order valence-corrected chi connectivity index (χ3v) is 4.61. The van der Waals surface area contributed by atoms with E-state index >= 15 is 0 Å². The zero-order valence-electron chi connectivity index (χ0n) is 16.6. The molecule has 0 bridgehead atoms. The minimum absolute atomic E-state index is 0.0421. The van der Waals surface area contributed by atoms with Crippen LogP contribution in [0.5, 0.6) is 5.75 Å². The lowest BCUT2D eigenvalue weighted by Crippen LogP contribution is -2.25. The highest BCUT2D eigenvalue weighted by Gasteiger charge is 2.36. The summed E-state index contributed by atoms with van der Waals surface area (Å²) < 4.78 is 29.5. The van der Waals surface area contributed by atoms with Crippen molar-refractivity contribution in [2.45, 2.75) is 26.4 Å². The van der Waals surface area contributed by atoms with Gasteiger partial charge < -0.3 is 19.9 Å². The molecule has 6 nitrogen and oxygen atoms in total. The van der Waals surface area contributed by atoms with E-state index in [4.69, 9.17) is 19.9 Å². The van der Waals surface area contributed by atoms with Gasteiger partial charge >= 0.3 is 5.97 Å². The number of allylic oxidation sites excluding steroid dienone is 2. The first-order valence-electron chi connectivity index (χ1n) is 9.37. The van der Waals surface area contributed by atoms with Crippen LogP contribution >= 0.6 is 0 Å². The Hall–Kier alpha value is -3.79. The Kier molecular flexibility index (Phi) is 6.38. The van der Waals surface area contributed by atoms with E-state index in [0.717, 1.165) is 0 Å². The molecule has 154 valence electrons. The SMILES string of the molecule is CCOC(=O)C1=C(C)OC(N)=C(C#N)C1c1ccc(OCc2cccc(F)c2)cc1. The molecule has 3 rings (SSSR count). The zero-order chi connectivity index (χ0) is 21.7. The molecule has 0 radical (unpaired) electrons. The molecule has 0 aromatic heterocycles. The summed E-state index contributed by atoms with van der Waals surface area (Å²) in [7, 11) is 0. The van der Waals surface area contributed by atoms with Gasteiger partial charge in [0, 0.05) is 0 Å². The minimum atomic E-state index is -0.708. The van der Waals surface area contributed by atoms with Crippen molar-refractivity contribution in [1.29, 1.82) is 5.26 Å². The van der Waals surface area contributed by atoms with Gasteiger partial charge in [-0.3, -0.25) is 0 Å². The normalized spacial score (nSPS) is 16.0. The molecule has 2 aromatic carbocycles. The van der Waals surface area contributed by atoms with Gasteiger partial charge in [-0.15, -0.1) is 0 Å². The van der Waals surface area contributed by atoms with E-state index in [1.54, 1.807) is 50.2 Å². The molecular weight excluding hydrogens is 387 g/mol. The van der Waals surface area contributed by atoms with Crippen molar-refractivity contribution in [2.24, 2.45) is 5.73 Å². The lowest BCUT2D eigenvalue weighted by atomic mass is 9.83. The Morgan fingerprint density at radius 1 is 1.27 bits per heavy atom. The van der Waals surface area contributed by atoms with Crippen LogP contribution in [0.15, 0.2) is 71.3 Å². The molecule has 0 spiro atoms. The minimum Gasteiger partial charge on any atom is -0.489 e. The maximum atomic E-state index is 13.3. The van der Waals surface area contributed by atoms with Gasteiger partial charge in [-0.25, -0.2) is 9.18 Å². The van der Waals surface area contributed by atoms with Crippen LogP contribution in [0.3, 0.4) is 0 Å². The highest BCUT2D eigenvalue weighted by Crippen LogP contribution is 2.40. The molecule has 30 heavy (non-hydrogen) atoms. The zero-order valence-corrected chi connectivity index (χ0v) is 16.6. The fraction of sp³-hybridized carbons (Fsp3) is 0.217. The van der Waals surface area contributed by atoms with Crippen LogP contribution in [0.25, 0.3) is 0 Å². The molecule has 1 aliphatic heterocycles. The number of halogens is 1. The van der Waals surface area contributed by atoms with E-state index in [1.165, 1.54) is 12.1 Å². The van der Waals surface area contributed by atoms with Gasteiger partial charge in [0.15, 0.2) is 0 Å². The third-order valence-electron chi connectivity index (χ3n) is 4.61. The van der Waals surface area contributed by atoms with Crippen molar-refractivity contribution >= 4 is 5.97 Å². The number of nitriles is 1. The smallest absolute Gasteiger partial charge is 0.338 e. The first-order valence-corrected chi connectivity index (χ1v) is 9.37. The van der Waals surface area contributed by atoms with Gasteiger partial charge in [-0.05, 0) is 49.2 Å². The number of hydrogen-bond acceptors (Lipinski definition) is 6. The van der Waals surface area contributed by atoms with Crippen molar-refractivity contribution in [3.8, 4) is 11.8 Å². The summed E-state index contributed by atoms with van der Waals surface area (Å²) in [5, 5.41) is 9.60. The van der Waals surface area contributed by atoms with Crippen molar-refractivity contribution in [3.63, 3.8) is 0 Å². The highest BCUT2D eigenvalue weighted by atomic mass is 19.1. The predicted octanol–water partition coefficient (Wildman–Crippen LogP) is 4.05. The molecule has 1 aliphatic rings. The molecule has 2 aromatic rings. The lowest BCUT2D eigenvalue weighted by molar-refractivity contribution is -0.139. The number of nitrogens with zero attached hydrogens (tertiary/aromatic N) is 1. The summed E-state index contributed by atoms with van der Waals surface area (Å²) in [6, 6.07) is 15.1. The summed E-state index contributed by atoms with van der Waals surface area (Å²) in [6.45, 7) is 3.71. The van der Waals surface area contributed by atoms with Crippen LogP contribution in [-0.4, -0.2) is 12.6 Å². The van der Waals surface area contributed by atoms with Crippen molar-refractivity contribution in [1.82, 2.24) is 0 Å². The second-order valence-corrected chi connectivity index (χ2v) is 6.60. The van der Waals surface area contributed by atoms with Gasteiger partial charge in [0.05, 0.1) is 18.1 Å². The van der Waals surface area contributed by atoms with Gasteiger partial charge in [0.1, 0.15) is 35.6 Å². The molecule has 0 saturated heterocycles. The summed E-state index contributed by atoms with van der Waals surface area (Å²) >= 11 is 0. The molecule has 0 amide bonds. The van der Waals surface area contributed by atoms with Crippen molar-refractivity contribution < 1.29 is 23.4 Å². The van der Waals surface area contributed by atoms with Crippen molar-refractivity contribution in [2.75, 3.05) is 6.61 Å². The Morgan fingerprint density at radius 2 is 2.00 bits per heavy atom. The van der Waals surface area contributed by atoms with Crippen LogP contribution in [0.4, 0.5) is 4.39 Å². The van der Waals surface area contributed by atoms with E-state index in [0.29, 0.717) is 22.6 Å². The van der Waals surface area contributed by atoms with Crippen LogP contribution in [-0.2, 0) is 20.9 Å². The average Bonchev–Trinajstić information content (AvgIpc) is 2.72. The topological polar surface area (TPSA) is 94.6 Å². The molecule has 0 fully saturated rings. The average molecular weight is 408 g/mol. The fourth-order valence-electron chi connectivity index (χ4n) is 3.24. The first-order chi connectivity index (χ1) is 14.4. The number of rotatable bonds is 6. The number of esters is 1. The quantitative estimate of drug-likeness (QED) is 0.725. The molecule has 2 N–H and O–H groups in total. The molecule has 1 heterocycles. The highest BCUT2D eigenvalue weighted by molar-refractivity contribution is 5.92. The Morgan fingerprint density at radius 3 is 2.63 bits per heavy atom. The maximum Gasteiger partial charge on any atom is 0.338 e. The number of ether oxygens (including phenoxy) is 3. The summed E-state index contributed by atoms with van der Waals surface area (Å²) in [6.07, 6.45) is 0. The lowest BCUT2D eigenvalue weighted by Gasteiger charge is -2.26. The number of nitrogens with two attached hydrogens (primary N) is 1. The van der Waals surface area contributed by atoms with E-state index < -0.39 is 11.9 Å². The molecule has 0 saturated carbocycles. The molecule has 1 unspecified atom stereocenters. The Labute approximate surface area is 174 Å². The first kappa shape index (κ1) is 20.9. The standard InChI is InChI=1S/C23H21FN2O4/c1-3-28-23(27)20-14(2)30-22(26)19(12-25)21(20)16-7-9-18(10-8-16)29-13-15-5-4-6-17(24)11-15/h4-11,21H,3,13,26H2,1-2H3. The van der Waals surface area contributed by atoms with Gasteiger partial charge in [0.25, 0.3) is 0 Å². The summed E-state index contributed by atoms with van der Waals surface area (Å²) in [5.41, 5.74) is 7.63. The van der Waals surface area contributed by atoms with E-state index in [-0.39, 0.29) is 36.1 Å². The van der Waals surface area contributed by atoms with Gasteiger partial charge in [-0.2, -0.15) is 5.26 Å². The largest absolute Gasteiger partial charge is 0.489 e. The van der Waals surface area contributed by atoms with Crippen LogP contribution in [0.1, 0.15) is 30.9 Å². The Bertz CT molecular complexity index is 1050. The maximum absolute atomic E-state index is 13.3. The van der Waals surface area contributed by atoms with Gasteiger partial charge in [-0.1, -0.05) is 24.3 Å². The van der Waals surface area contributed by atoms with Crippen molar-refractivity contribution in [3.05, 3.63) is 88.3 Å². The van der Waals surface area contributed by atoms with Crippen LogP contribution in [0, 0.1) is 17.1 Å². The molecule has 1 atom stereocenters. The second kappa shape index (κ2) is 9.14. The predicted molar refractivity (Wildman–Crippen MR) is 107 cm³/mol. The molecular formula is C23H21FN2O4. The fourth-order valence-corrected chi connectivity index (χ4v) is 3.24. The Balaban J connectivity index is 1.86. The van der Waals surface area contributed by atoms with Gasteiger partial charge in [0.2, 0.25) is 5.88 Å². The molecule has 7 heteroatoms. The molecule has 0 aliphatic carbocycles. The van der Waals surface area contributed by atoms with Crippen LogP contribution in [0.2, 0.25) is 0 Å². The van der Waals surface area contributed by atoms with E-state index in [1.807, 2.05) is 6.07 Å². The monoisotopic (exact) mass is 408 g/mol. The number of benzene rings is 2.